The third kappa shape index (κ3) is 4.30. The quantitative estimate of drug-likeness (QED) is 0.851. The Morgan fingerprint density at radius 2 is 1.90 bits per heavy atom. The maximum absolute atomic E-state index is 4.55. The van der Waals surface area contributed by atoms with Crippen molar-refractivity contribution >= 4 is 16.7 Å². The highest BCUT2D eigenvalue weighted by Gasteiger charge is 2.19. The molecule has 0 fully saturated rings. The summed E-state index contributed by atoms with van der Waals surface area (Å²) in [7, 11) is 0. The van der Waals surface area contributed by atoms with Crippen molar-refractivity contribution in [2.45, 2.75) is 52.0 Å². The van der Waals surface area contributed by atoms with E-state index < -0.39 is 0 Å². The van der Waals surface area contributed by atoms with Crippen LogP contribution in [-0.4, -0.2) is 14.9 Å². The van der Waals surface area contributed by atoms with E-state index in [-0.39, 0.29) is 5.54 Å². The zero-order valence-corrected chi connectivity index (χ0v) is 13.5. The number of anilines is 1. The highest BCUT2D eigenvalue weighted by atomic mass is 32.1. The van der Waals surface area contributed by atoms with E-state index in [0.717, 1.165) is 23.8 Å². The second kappa shape index (κ2) is 6.35. The van der Waals surface area contributed by atoms with E-state index in [9.17, 15) is 0 Å². The molecule has 0 atom stereocenters. The fraction of sp³-hybridized carbons (Fsp3) is 0.500. The standard InChI is InChI=1S/C16H23N3S/c1-12(2)14-17-15(20-19-14)18-16(3,4)11-10-13-8-6-5-7-9-13/h5-9,12H,10-11H2,1-4H3,(H,17,18,19). The van der Waals surface area contributed by atoms with Crippen LogP contribution in [0.25, 0.3) is 0 Å². The molecule has 108 valence electrons. The summed E-state index contributed by atoms with van der Waals surface area (Å²) in [6, 6.07) is 10.6. The summed E-state index contributed by atoms with van der Waals surface area (Å²) in [5.41, 5.74) is 1.39. The number of hydrogen-bond donors (Lipinski definition) is 1. The fourth-order valence-corrected chi connectivity index (χ4v) is 2.86. The highest BCUT2D eigenvalue weighted by molar-refractivity contribution is 7.09. The van der Waals surface area contributed by atoms with Crippen LogP contribution in [-0.2, 0) is 6.42 Å². The third-order valence-electron chi connectivity index (χ3n) is 3.28. The van der Waals surface area contributed by atoms with Crippen molar-refractivity contribution in [3.8, 4) is 0 Å². The van der Waals surface area contributed by atoms with Gasteiger partial charge < -0.3 is 5.32 Å². The number of nitrogens with one attached hydrogen (secondary N) is 1. The normalized spacial score (nSPS) is 11.8. The van der Waals surface area contributed by atoms with Crippen LogP contribution >= 0.6 is 11.5 Å². The second-order valence-corrected chi connectivity index (χ2v) is 6.86. The van der Waals surface area contributed by atoms with E-state index >= 15 is 0 Å². The molecule has 0 radical (unpaired) electrons. The van der Waals surface area contributed by atoms with Gasteiger partial charge in [0.15, 0.2) is 0 Å². The van der Waals surface area contributed by atoms with Crippen LogP contribution in [0.5, 0.6) is 0 Å². The number of rotatable bonds is 6. The minimum absolute atomic E-state index is 0.0175. The van der Waals surface area contributed by atoms with Gasteiger partial charge >= 0.3 is 0 Å². The van der Waals surface area contributed by atoms with Gasteiger partial charge in [-0.2, -0.15) is 4.37 Å². The van der Waals surface area contributed by atoms with Crippen LogP contribution in [0.1, 0.15) is 51.4 Å². The van der Waals surface area contributed by atoms with Crippen molar-refractivity contribution in [2.75, 3.05) is 5.32 Å². The van der Waals surface area contributed by atoms with Crippen molar-refractivity contribution in [3.63, 3.8) is 0 Å². The van der Waals surface area contributed by atoms with Crippen LogP contribution in [0.4, 0.5) is 5.13 Å². The second-order valence-electron chi connectivity index (χ2n) is 6.11. The van der Waals surface area contributed by atoms with Crippen molar-refractivity contribution in [1.29, 1.82) is 0 Å². The Morgan fingerprint density at radius 3 is 2.50 bits per heavy atom. The molecule has 0 aliphatic rings. The van der Waals surface area contributed by atoms with Crippen LogP contribution in [0.2, 0.25) is 0 Å². The molecule has 0 spiro atoms. The van der Waals surface area contributed by atoms with E-state index in [1.165, 1.54) is 17.1 Å². The summed E-state index contributed by atoms with van der Waals surface area (Å²) < 4.78 is 4.39. The molecule has 1 heterocycles. The van der Waals surface area contributed by atoms with Crippen molar-refractivity contribution in [2.24, 2.45) is 0 Å². The average Bonchev–Trinajstić information content (AvgIpc) is 2.86. The van der Waals surface area contributed by atoms with Gasteiger partial charge in [-0.05, 0) is 32.3 Å². The van der Waals surface area contributed by atoms with Gasteiger partial charge in [-0.1, -0.05) is 44.2 Å². The molecule has 0 aliphatic heterocycles. The minimum atomic E-state index is 0.0175. The highest BCUT2D eigenvalue weighted by Crippen LogP contribution is 2.23. The Kier molecular flexibility index (Phi) is 4.76. The minimum Gasteiger partial charge on any atom is -0.355 e. The topological polar surface area (TPSA) is 37.8 Å². The lowest BCUT2D eigenvalue weighted by Gasteiger charge is -2.25. The molecule has 20 heavy (non-hydrogen) atoms. The predicted octanol–water partition coefficient (Wildman–Crippen LogP) is 4.48. The molecule has 0 saturated heterocycles. The first-order chi connectivity index (χ1) is 9.46. The van der Waals surface area contributed by atoms with Crippen molar-refractivity contribution in [1.82, 2.24) is 9.36 Å². The molecule has 0 aliphatic carbocycles. The first-order valence-electron chi connectivity index (χ1n) is 7.12. The Bertz CT molecular complexity index is 532. The summed E-state index contributed by atoms with van der Waals surface area (Å²) >= 11 is 1.45. The summed E-state index contributed by atoms with van der Waals surface area (Å²) in [5.74, 6) is 1.31. The lowest BCUT2D eigenvalue weighted by Crippen LogP contribution is -2.31. The van der Waals surface area contributed by atoms with Gasteiger partial charge in [0.25, 0.3) is 0 Å². The Labute approximate surface area is 125 Å². The molecular weight excluding hydrogens is 266 g/mol. The average molecular weight is 289 g/mol. The maximum Gasteiger partial charge on any atom is 0.202 e. The molecule has 1 aromatic carbocycles. The smallest absolute Gasteiger partial charge is 0.202 e. The summed E-state index contributed by atoms with van der Waals surface area (Å²) in [6.45, 7) is 8.66. The SMILES string of the molecule is CC(C)c1nsc(NC(C)(C)CCc2ccccc2)n1. The summed E-state index contributed by atoms with van der Waals surface area (Å²) in [5, 5.41) is 4.43. The maximum atomic E-state index is 4.55. The number of nitrogens with zero attached hydrogens (tertiary/aromatic N) is 2. The Morgan fingerprint density at radius 1 is 1.20 bits per heavy atom. The zero-order chi connectivity index (χ0) is 14.6. The molecule has 0 amide bonds. The van der Waals surface area contributed by atoms with Gasteiger partial charge in [0.2, 0.25) is 5.13 Å². The van der Waals surface area contributed by atoms with Gasteiger partial charge in [0.05, 0.1) is 0 Å². The summed E-state index contributed by atoms with van der Waals surface area (Å²) in [4.78, 5) is 4.55. The first-order valence-corrected chi connectivity index (χ1v) is 7.89. The van der Waals surface area contributed by atoms with Gasteiger partial charge in [0.1, 0.15) is 5.82 Å². The van der Waals surface area contributed by atoms with Crippen LogP contribution in [0.15, 0.2) is 30.3 Å². The van der Waals surface area contributed by atoms with E-state index in [4.69, 9.17) is 0 Å². The van der Waals surface area contributed by atoms with Crippen LogP contribution in [0.3, 0.4) is 0 Å². The van der Waals surface area contributed by atoms with E-state index in [0.29, 0.717) is 5.92 Å². The van der Waals surface area contributed by atoms with E-state index in [1.807, 2.05) is 0 Å². The van der Waals surface area contributed by atoms with E-state index in [1.54, 1.807) is 0 Å². The molecule has 4 heteroatoms. The van der Waals surface area contributed by atoms with E-state index in [2.05, 4.69) is 72.7 Å². The van der Waals surface area contributed by atoms with Crippen LogP contribution in [0, 0.1) is 0 Å². The molecule has 1 aromatic heterocycles. The number of benzene rings is 1. The molecule has 1 N–H and O–H groups in total. The molecule has 2 aromatic rings. The number of aryl methyl sites for hydroxylation is 1. The Hall–Kier alpha value is -1.42. The molecule has 0 unspecified atom stereocenters. The largest absolute Gasteiger partial charge is 0.355 e. The van der Waals surface area contributed by atoms with Gasteiger partial charge in [-0.15, -0.1) is 0 Å². The predicted molar refractivity (Wildman–Crippen MR) is 86.5 cm³/mol. The van der Waals surface area contributed by atoms with Gasteiger partial charge in [-0.3, -0.25) is 0 Å². The molecule has 0 bridgehead atoms. The molecule has 2 rings (SSSR count). The van der Waals surface area contributed by atoms with Crippen molar-refractivity contribution < 1.29 is 0 Å². The fourth-order valence-electron chi connectivity index (χ4n) is 1.97. The Balaban J connectivity index is 1.92. The van der Waals surface area contributed by atoms with Crippen LogP contribution < -0.4 is 5.32 Å². The summed E-state index contributed by atoms with van der Waals surface area (Å²) in [6.07, 6.45) is 2.13. The lowest BCUT2D eigenvalue weighted by atomic mass is 9.95. The molecule has 0 saturated carbocycles. The lowest BCUT2D eigenvalue weighted by molar-refractivity contribution is 0.518. The van der Waals surface area contributed by atoms with Crippen molar-refractivity contribution in [3.05, 3.63) is 41.7 Å². The molecule has 3 nitrogen and oxygen atoms in total. The van der Waals surface area contributed by atoms with Gasteiger partial charge in [0, 0.05) is 23.0 Å². The monoisotopic (exact) mass is 289 g/mol. The number of hydrogen-bond acceptors (Lipinski definition) is 4. The zero-order valence-electron chi connectivity index (χ0n) is 12.7. The number of aromatic nitrogens is 2. The molecular formula is C16H23N3S. The van der Waals surface area contributed by atoms with Gasteiger partial charge in [-0.25, -0.2) is 4.98 Å². The first kappa shape index (κ1) is 15.0. The third-order valence-corrected chi connectivity index (χ3v) is 3.93.